The molecule has 0 fully saturated rings. The fourth-order valence-electron chi connectivity index (χ4n) is 2.13. The van der Waals surface area contributed by atoms with E-state index in [1.807, 2.05) is 27.7 Å². The Hall–Kier alpha value is -2.51. The van der Waals surface area contributed by atoms with Crippen LogP contribution in [0, 0.1) is 5.41 Å². The number of hydrogen-bond acceptors (Lipinski definition) is 5. The van der Waals surface area contributed by atoms with Gasteiger partial charge in [-0.2, -0.15) is 0 Å². The van der Waals surface area contributed by atoms with Crippen LogP contribution in [0.15, 0.2) is 33.9 Å². The molecular weight excluding hydrogens is 349 g/mol. The van der Waals surface area contributed by atoms with E-state index >= 15 is 0 Å². The van der Waals surface area contributed by atoms with Gasteiger partial charge in [0.25, 0.3) is 10.9 Å². The third-order valence-electron chi connectivity index (χ3n) is 4.20. The average molecular weight is 370 g/mol. The summed E-state index contributed by atoms with van der Waals surface area (Å²) in [6.07, 6.45) is -4.74. The standard InChI is InChI=1S/C18H21F3N2O3/c1-10(17(2,3)4)23-14-13(15(24)16(14)25)22-9-11-5-7-12(8-6-11)26-18(19,20)21/h5-8,10,22-23H,9H2,1-4H3. The third kappa shape index (κ3) is 4.77. The largest absolute Gasteiger partial charge is 0.573 e. The summed E-state index contributed by atoms with van der Waals surface area (Å²) in [4.78, 5) is 23.6. The van der Waals surface area contributed by atoms with E-state index in [9.17, 15) is 22.8 Å². The molecule has 0 amide bonds. The van der Waals surface area contributed by atoms with E-state index in [1.165, 1.54) is 24.3 Å². The summed E-state index contributed by atoms with van der Waals surface area (Å²) in [7, 11) is 0. The van der Waals surface area contributed by atoms with Crippen molar-refractivity contribution in [1.82, 2.24) is 0 Å². The quantitative estimate of drug-likeness (QED) is 0.760. The average Bonchev–Trinajstić information content (AvgIpc) is 2.52. The number of hydrogen-bond donors (Lipinski definition) is 2. The molecule has 1 atom stereocenters. The van der Waals surface area contributed by atoms with Gasteiger partial charge < -0.3 is 15.4 Å². The minimum Gasteiger partial charge on any atom is -0.406 e. The molecule has 2 aromatic carbocycles. The zero-order chi connectivity index (χ0) is 19.7. The van der Waals surface area contributed by atoms with Crippen molar-refractivity contribution in [3.8, 4) is 5.75 Å². The molecule has 0 radical (unpaired) electrons. The van der Waals surface area contributed by atoms with E-state index in [4.69, 9.17) is 0 Å². The van der Waals surface area contributed by atoms with Crippen LogP contribution in [0.2, 0.25) is 0 Å². The predicted molar refractivity (Wildman–Crippen MR) is 94.3 cm³/mol. The molecule has 142 valence electrons. The topological polar surface area (TPSA) is 67.4 Å². The van der Waals surface area contributed by atoms with Crippen molar-refractivity contribution in [2.45, 2.75) is 46.6 Å². The van der Waals surface area contributed by atoms with E-state index in [0.717, 1.165) is 0 Å². The fourth-order valence-corrected chi connectivity index (χ4v) is 2.13. The molecular formula is C18H21F3N2O3. The maximum atomic E-state index is 12.1. The first-order chi connectivity index (χ1) is 11.9. The summed E-state index contributed by atoms with van der Waals surface area (Å²) < 4.78 is 40.2. The summed E-state index contributed by atoms with van der Waals surface area (Å²) in [5.74, 6) is -0.322. The number of nitrogens with one attached hydrogen (secondary N) is 2. The highest BCUT2D eigenvalue weighted by Crippen LogP contribution is 2.26. The van der Waals surface area contributed by atoms with Crippen LogP contribution in [0.4, 0.5) is 24.5 Å². The number of halogens is 3. The molecule has 0 saturated heterocycles. The SMILES string of the molecule is CC(Nc1c(NCc2ccc(OC(F)(F)F)cc2)c(=O)c1=O)C(C)(C)C. The molecule has 0 aromatic heterocycles. The Balaban J connectivity index is 2.03. The van der Waals surface area contributed by atoms with Gasteiger partial charge in [0, 0.05) is 12.6 Å². The Morgan fingerprint density at radius 2 is 1.54 bits per heavy atom. The Kier molecular flexibility index (Phi) is 5.34. The van der Waals surface area contributed by atoms with Crippen LogP contribution in [0.1, 0.15) is 33.3 Å². The van der Waals surface area contributed by atoms with Crippen LogP contribution in [-0.2, 0) is 6.54 Å². The van der Waals surface area contributed by atoms with Crippen molar-refractivity contribution < 1.29 is 17.9 Å². The van der Waals surface area contributed by atoms with Gasteiger partial charge in [0.15, 0.2) is 0 Å². The molecule has 1 unspecified atom stereocenters. The molecule has 2 aromatic rings. The molecule has 0 aliphatic rings. The highest BCUT2D eigenvalue weighted by molar-refractivity contribution is 5.74. The van der Waals surface area contributed by atoms with E-state index in [1.54, 1.807) is 0 Å². The molecule has 0 aliphatic carbocycles. The van der Waals surface area contributed by atoms with Gasteiger partial charge in [-0.25, -0.2) is 0 Å². The summed E-state index contributed by atoms with van der Waals surface area (Å²) in [5.41, 5.74) is -0.201. The summed E-state index contributed by atoms with van der Waals surface area (Å²) in [5, 5.41) is 5.93. The number of anilines is 2. The monoisotopic (exact) mass is 370 g/mol. The van der Waals surface area contributed by atoms with Crippen LogP contribution in [0.25, 0.3) is 0 Å². The molecule has 2 rings (SSSR count). The fraction of sp³-hybridized carbons (Fsp3) is 0.444. The Labute approximate surface area is 148 Å². The molecule has 26 heavy (non-hydrogen) atoms. The first kappa shape index (κ1) is 19.8. The summed E-state index contributed by atoms with van der Waals surface area (Å²) >= 11 is 0. The second kappa shape index (κ2) is 7.01. The lowest BCUT2D eigenvalue weighted by atomic mass is 9.87. The van der Waals surface area contributed by atoms with Crippen molar-refractivity contribution in [1.29, 1.82) is 0 Å². The minimum atomic E-state index is -4.74. The van der Waals surface area contributed by atoms with Crippen molar-refractivity contribution in [3.63, 3.8) is 0 Å². The van der Waals surface area contributed by atoms with Crippen LogP contribution in [0.3, 0.4) is 0 Å². The zero-order valence-corrected chi connectivity index (χ0v) is 15.0. The van der Waals surface area contributed by atoms with Crippen molar-refractivity contribution >= 4 is 11.4 Å². The maximum absolute atomic E-state index is 12.1. The maximum Gasteiger partial charge on any atom is 0.573 e. The number of rotatable bonds is 6. The van der Waals surface area contributed by atoms with Gasteiger partial charge in [0.05, 0.1) is 0 Å². The van der Waals surface area contributed by atoms with E-state index < -0.39 is 17.2 Å². The van der Waals surface area contributed by atoms with Gasteiger partial charge in [-0.1, -0.05) is 32.9 Å². The summed E-state index contributed by atoms with van der Waals surface area (Å²) in [6, 6.07) is 5.24. The van der Waals surface area contributed by atoms with Gasteiger partial charge >= 0.3 is 6.36 Å². The normalized spacial score (nSPS) is 13.5. The van der Waals surface area contributed by atoms with E-state index in [-0.39, 0.29) is 35.1 Å². The third-order valence-corrected chi connectivity index (χ3v) is 4.20. The lowest BCUT2D eigenvalue weighted by molar-refractivity contribution is -0.274. The van der Waals surface area contributed by atoms with Gasteiger partial charge in [-0.3, -0.25) is 9.59 Å². The second-order valence-electron chi connectivity index (χ2n) is 7.19. The molecule has 5 nitrogen and oxygen atoms in total. The van der Waals surface area contributed by atoms with Gasteiger partial charge in [0.1, 0.15) is 17.1 Å². The second-order valence-corrected chi connectivity index (χ2v) is 7.19. The van der Waals surface area contributed by atoms with Gasteiger partial charge in [-0.05, 0) is 30.0 Å². The number of benzene rings is 1. The van der Waals surface area contributed by atoms with E-state index in [2.05, 4.69) is 15.4 Å². The highest BCUT2D eigenvalue weighted by Gasteiger charge is 2.31. The van der Waals surface area contributed by atoms with Crippen LogP contribution in [0.5, 0.6) is 5.75 Å². The number of ether oxygens (including phenoxy) is 1. The predicted octanol–water partition coefficient (Wildman–Crippen LogP) is 3.64. The Bertz CT molecular complexity index is 829. The zero-order valence-electron chi connectivity index (χ0n) is 15.0. The molecule has 0 saturated carbocycles. The van der Waals surface area contributed by atoms with Crippen molar-refractivity contribution in [3.05, 3.63) is 50.3 Å². The van der Waals surface area contributed by atoms with Gasteiger partial charge in [-0.15, -0.1) is 13.2 Å². The molecule has 0 heterocycles. The Morgan fingerprint density at radius 1 is 1.00 bits per heavy atom. The highest BCUT2D eigenvalue weighted by atomic mass is 19.4. The molecule has 8 heteroatoms. The van der Waals surface area contributed by atoms with Crippen molar-refractivity contribution in [2.75, 3.05) is 10.6 Å². The first-order valence-corrected chi connectivity index (χ1v) is 8.07. The van der Waals surface area contributed by atoms with Crippen molar-refractivity contribution in [2.24, 2.45) is 5.41 Å². The lowest BCUT2D eigenvalue weighted by Crippen LogP contribution is -2.41. The smallest absolute Gasteiger partial charge is 0.406 e. The summed E-state index contributed by atoms with van der Waals surface area (Å²) in [6.45, 7) is 8.13. The molecule has 0 spiro atoms. The molecule has 0 aliphatic heterocycles. The number of alkyl halides is 3. The first-order valence-electron chi connectivity index (χ1n) is 8.07. The van der Waals surface area contributed by atoms with Crippen LogP contribution in [-0.4, -0.2) is 12.4 Å². The lowest BCUT2D eigenvalue weighted by Gasteiger charge is -2.30. The van der Waals surface area contributed by atoms with Crippen LogP contribution >= 0.6 is 0 Å². The Morgan fingerprint density at radius 3 is 2.04 bits per heavy atom. The van der Waals surface area contributed by atoms with Gasteiger partial charge in [0.2, 0.25) is 0 Å². The minimum absolute atomic E-state index is 0.0369. The van der Waals surface area contributed by atoms with Crippen LogP contribution < -0.4 is 26.2 Å². The molecule has 2 N–H and O–H groups in total. The molecule has 0 bridgehead atoms. The van der Waals surface area contributed by atoms with E-state index in [0.29, 0.717) is 5.56 Å².